The van der Waals surface area contributed by atoms with E-state index < -0.39 is 0 Å². The lowest BCUT2D eigenvalue weighted by molar-refractivity contribution is 0.146. The largest absolute Gasteiger partial charge is 0.491 e. The zero-order chi connectivity index (χ0) is 29.4. The molecule has 0 spiro atoms. The van der Waals surface area contributed by atoms with Crippen LogP contribution >= 0.6 is 0 Å². The Morgan fingerprint density at radius 1 is 0.791 bits per heavy atom. The molecule has 0 aliphatic rings. The maximum atomic E-state index is 6.14. The van der Waals surface area contributed by atoms with Crippen LogP contribution in [0.2, 0.25) is 0 Å². The molecule has 0 saturated heterocycles. The Kier molecular flexibility index (Phi) is 8.42. The molecule has 2 heterocycles. The average molecular weight is 572 g/mol. The number of anilines is 4. The van der Waals surface area contributed by atoms with Gasteiger partial charge in [0.05, 0.1) is 12.3 Å². The summed E-state index contributed by atoms with van der Waals surface area (Å²) in [4.78, 5) is 17.1. The molecule has 0 bridgehead atoms. The van der Waals surface area contributed by atoms with Crippen molar-refractivity contribution in [2.24, 2.45) is 0 Å². The minimum atomic E-state index is 0.438. The fourth-order valence-electron chi connectivity index (χ4n) is 4.87. The van der Waals surface area contributed by atoms with Crippen LogP contribution in [-0.2, 0) is 17.8 Å². The Hall–Kier alpha value is -5.41. The summed E-state index contributed by atoms with van der Waals surface area (Å²) in [6.07, 6.45) is 1.77. The number of methoxy groups -OCH3 is 1. The molecule has 0 atom stereocenters. The van der Waals surface area contributed by atoms with E-state index in [4.69, 9.17) is 30.2 Å². The van der Waals surface area contributed by atoms with Crippen LogP contribution < -0.4 is 20.7 Å². The Bertz CT molecular complexity index is 1750. The molecular weight excluding hydrogens is 538 g/mol. The molecule has 0 aliphatic heterocycles. The third-order valence-electron chi connectivity index (χ3n) is 6.90. The van der Waals surface area contributed by atoms with Crippen LogP contribution in [0.15, 0.2) is 116 Å². The summed E-state index contributed by atoms with van der Waals surface area (Å²) in [5.74, 6) is 1.88. The van der Waals surface area contributed by atoms with Crippen LogP contribution in [0.3, 0.4) is 0 Å². The van der Waals surface area contributed by atoms with Crippen molar-refractivity contribution in [3.05, 3.63) is 127 Å². The molecule has 0 amide bonds. The minimum absolute atomic E-state index is 0.438. The van der Waals surface area contributed by atoms with Gasteiger partial charge in [-0.15, -0.1) is 0 Å². The van der Waals surface area contributed by atoms with E-state index in [2.05, 4.69) is 58.7 Å². The summed E-state index contributed by atoms with van der Waals surface area (Å²) in [5, 5.41) is 3.40. The fraction of sp³-hybridized carbons (Fsp3) is 0.147. The van der Waals surface area contributed by atoms with Crippen LogP contribution in [0.4, 0.5) is 23.1 Å². The molecule has 0 aliphatic carbocycles. The highest BCUT2D eigenvalue weighted by atomic mass is 16.5. The smallest absolute Gasteiger partial charge is 0.231 e. The summed E-state index contributed by atoms with van der Waals surface area (Å²) in [5.41, 5.74) is 12.1. The van der Waals surface area contributed by atoms with E-state index >= 15 is 0 Å². The van der Waals surface area contributed by atoms with Gasteiger partial charge in [0, 0.05) is 37.6 Å². The number of nitrogens with one attached hydrogen (secondary N) is 1. The first kappa shape index (κ1) is 27.7. The summed E-state index contributed by atoms with van der Waals surface area (Å²) in [6, 6.07) is 36.1. The van der Waals surface area contributed by atoms with Gasteiger partial charge in [-0.1, -0.05) is 72.8 Å². The van der Waals surface area contributed by atoms with E-state index in [1.54, 1.807) is 13.4 Å². The first-order valence-electron chi connectivity index (χ1n) is 14.1. The first-order chi connectivity index (χ1) is 21.2. The molecule has 6 rings (SSSR count). The van der Waals surface area contributed by atoms with E-state index in [1.807, 2.05) is 65.2 Å². The van der Waals surface area contributed by atoms with Crippen molar-refractivity contribution in [3.63, 3.8) is 0 Å². The van der Waals surface area contributed by atoms with Gasteiger partial charge >= 0.3 is 0 Å². The van der Waals surface area contributed by atoms with Crippen LogP contribution in [-0.4, -0.2) is 39.8 Å². The second kappa shape index (κ2) is 13.1. The molecule has 0 fully saturated rings. The molecule has 2 aromatic heterocycles. The van der Waals surface area contributed by atoms with Gasteiger partial charge in [0.1, 0.15) is 18.7 Å². The van der Waals surface area contributed by atoms with Crippen molar-refractivity contribution in [2.75, 3.05) is 36.3 Å². The Labute approximate surface area is 250 Å². The molecule has 4 aromatic carbocycles. The molecule has 0 radical (unpaired) electrons. The number of aromatic nitrogens is 4. The molecule has 6 aromatic rings. The lowest BCUT2D eigenvalue weighted by Gasteiger charge is -2.25. The third kappa shape index (κ3) is 6.74. The number of ether oxygens (including phenoxy) is 2. The number of nitrogens with two attached hydrogens (primary N) is 1. The van der Waals surface area contributed by atoms with E-state index in [9.17, 15) is 0 Å². The molecule has 0 unspecified atom stereocenters. The highest BCUT2D eigenvalue weighted by Crippen LogP contribution is 2.30. The lowest BCUT2D eigenvalue weighted by Crippen LogP contribution is -2.24. The summed E-state index contributed by atoms with van der Waals surface area (Å²) < 4.78 is 12.9. The monoisotopic (exact) mass is 571 g/mol. The number of nitrogen functional groups attached to an aromatic ring is 1. The summed E-state index contributed by atoms with van der Waals surface area (Å²) >= 11 is 0. The van der Waals surface area contributed by atoms with Crippen molar-refractivity contribution in [1.29, 1.82) is 0 Å². The van der Waals surface area contributed by atoms with Gasteiger partial charge in [-0.25, -0.2) is 4.98 Å². The van der Waals surface area contributed by atoms with E-state index in [0.29, 0.717) is 49.1 Å². The number of hydrogen-bond acceptors (Lipinski definition) is 8. The van der Waals surface area contributed by atoms with Gasteiger partial charge in [0.25, 0.3) is 0 Å². The number of hydrogen-bond donors (Lipinski definition) is 2. The second-order valence-electron chi connectivity index (χ2n) is 10.1. The molecule has 3 N–H and O–H groups in total. The zero-order valence-corrected chi connectivity index (χ0v) is 23.9. The maximum Gasteiger partial charge on any atom is 0.231 e. The molecule has 216 valence electrons. The van der Waals surface area contributed by atoms with Gasteiger partial charge in [-0.3, -0.25) is 4.57 Å². The van der Waals surface area contributed by atoms with Gasteiger partial charge in [0.15, 0.2) is 17.0 Å². The topological polar surface area (TPSA) is 103 Å². The molecular formula is C34H33N7O2. The van der Waals surface area contributed by atoms with Gasteiger partial charge in [0.2, 0.25) is 5.95 Å². The molecule has 9 heteroatoms. The first-order valence-corrected chi connectivity index (χ1v) is 14.1. The normalized spacial score (nSPS) is 11.0. The molecule has 9 nitrogen and oxygen atoms in total. The van der Waals surface area contributed by atoms with Gasteiger partial charge < -0.3 is 25.4 Å². The number of nitrogens with zero attached hydrogens (tertiary/aromatic N) is 5. The molecule has 43 heavy (non-hydrogen) atoms. The van der Waals surface area contributed by atoms with E-state index in [1.165, 1.54) is 0 Å². The highest BCUT2D eigenvalue weighted by Gasteiger charge is 2.21. The summed E-state index contributed by atoms with van der Waals surface area (Å²) in [7, 11) is 1.65. The number of rotatable bonds is 12. The van der Waals surface area contributed by atoms with Crippen LogP contribution in [0, 0.1) is 0 Å². The van der Waals surface area contributed by atoms with Crippen LogP contribution in [0.25, 0.3) is 16.9 Å². The fourth-order valence-corrected chi connectivity index (χ4v) is 4.87. The average Bonchev–Trinajstić information content (AvgIpc) is 3.46. The maximum absolute atomic E-state index is 6.14. The predicted octanol–water partition coefficient (Wildman–Crippen LogP) is 6.37. The standard InChI is InChI=1S/C34H33N7O2/c1-42-18-19-43-30-17-9-15-28(21-30)37-34-38-32(31-33(39-34)41(24-36-31)29-16-8-14-27(35)20-29)40(22-25-10-4-2-5-11-25)23-26-12-6-3-7-13-26/h2-17,20-21,24H,18-19,22-23,35H2,1H3,(H,37,38,39). The second-order valence-corrected chi connectivity index (χ2v) is 10.1. The summed E-state index contributed by atoms with van der Waals surface area (Å²) in [6.45, 7) is 2.23. The van der Waals surface area contributed by atoms with Crippen molar-refractivity contribution in [1.82, 2.24) is 19.5 Å². The van der Waals surface area contributed by atoms with Crippen LogP contribution in [0.1, 0.15) is 11.1 Å². The lowest BCUT2D eigenvalue weighted by atomic mass is 10.1. The minimum Gasteiger partial charge on any atom is -0.491 e. The quantitative estimate of drug-likeness (QED) is 0.129. The van der Waals surface area contributed by atoms with Crippen molar-refractivity contribution in [3.8, 4) is 11.4 Å². The third-order valence-corrected chi connectivity index (χ3v) is 6.90. The van der Waals surface area contributed by atoms with Crippen molar-refractivity contribution >= 4 is 34.3 Å². The number of imidazole rings is 1. The highest BCUT2D eigenvalue weighted by molar-refractivity contribution is 5.86. The van der Waals surface area contributed by atoms with Crippen molar-refractivity contribution < 1.29 is 9.47 Å². The van der Waals surface area contributed by atoms with E-state index in [-0.39, 0.29) is 0 Å². The Balaban J connectivity index is 1.46. The molecule has 0 saturated carbocycles. The SMILES string of the molecule is COCCOc1cccc(Nc2nc(N(Cc3ccccc3)Cc3ccccc3)c3ncn(-c4cccc(N)c4)c3n2)c1. The van der Waals surface area contributed by atoms with E-state index in [0.717, 1.165) is 34.1 Å². The van der Waals surface area contributed by atoms with Gasteiger partial charge in [-0.05, 0) is 41.5 Å². The Morgan fingerprint density at radius 2 is 1.51 bits per heavy atom. The van der Waals surface area contributed by atoms with Crippen LogP contribution in [0.5, 0.6) is 5.75 Å². The van der Waals surface area contributed by atoms with Gasteiger partial charge in [-0.2, -0.15) is 9.97 Å². The Morgan fingerprint density at radius 3 is 2.21 bits per heavy atom. The zero-order valence-electron chi connectivity index (χ0n) is 23.9. The number of fused-ring (bicyclic) bond motifs is 1. The predicted molar refractivity (Wildman–Crippen MR) is 171 cm³/mol. The number of benzene rings is 4. The van der Waals surface area contributed by atoms with Crippen molar-refractivity contribution in [2.45, 2.75) is 13.1 Å².